The van der Waals surface area contributed by atoms with Gasteiger partial charge in [0.25, 0.3) is 0 Å². The van der Waals surface area contributed by atoms with Crippen LogP contribution in [0.5, 0.6) is 0 Å². The van der Waals surface area contributed by atoms with Crippen LogP contribution in [0.1, 0.15) is 19.8 Å². The minimum Gasteiger partial charge on any atom is -0.480 e. The van der Waals surface area contributed by atoms with Crippen molar-refractivity contribution in [3.63, 3.8) is 0 Å². The zero-order valence-corrected chi connectivity index (χ0v) is 11.2. The van der Waals surface area contributed by atoms with Crippen LogP contribution in [0.15, 0.2) is 0 Å². The third-order valence-electron chi connectivity index (χ3n) is 1.37. The minimum absolute atomic E-state index is 0. The average Bonchev–Trinajstić information content (AvgIpc) is 2.00. The van der Waals surface area contributed by atoms with Gasteiger partial charge in [0, 0.05) is 64.4 Å². The first kappa shape index (κ1) is 16.0. The summed E-state index contributed by atoms with van der Waals surface area (Å²) in [6.45, 7) is 2.36. The number of carboxylic acid groups (broad SMARTS) is 1. The first-order valence-electron chi connectivity index (χ1n) is 3.83. The Morgan fingerprint density at radius 2 is 2.08 bits per heavy atom. The van der Waals surface area contributed by atoms with E-state index in [9.17, 15) is 9.59 Å². The SMILES string of the molecule is CCNC(=O)CC[C@H](N)C(=O)O.[K]. The van der Waals surface area contributed by atoms with Gasteiger partial charge in [-0.1, -0.05) is 0 Å². The summed E-state index contributed by atoms with van der Waals surface area (Å²) in [6.07, 6.45) is 0.350. The van der Waals surface area contributed by atoms with Crippen molar-refractivity contribution < 1.29 is 14.7 Å². The smallest absolute Gasteiger partial charge is 0.320 e. The van der Waals surface area contributed by atoms with Gasteiger partial charge < -0.3 is 16.2 Å². The van der Waals surface area contributed by atoms with E-state index in [-0.39, 0.29) is 70.1 Å². The third kappa shape index (κ3) is 8.86. The topological polar surface area (TPSA) is 92.4 Å². The van der Waals surface area contributed by atoms with Gasteiger partial charge in [0.15, 0.2) is 0 Å². The molecule has 0 fully saturated rings. The van der Waals surface area contributed by atoms with Crippen LogP contribution in [0.4, 0.5) is 0 Å². The average molecular weight is 213 g/mol. The molecule has 1 atom stereocenters. The molecule has 1 amide bonds. The predicted octanol–water partition coefficient (Wildman–Crippen LogP) is -1.07. The first-order chi connectivity index (χ1) is 5.57. The molecule has 0 spiro atoms. The van der Waals surface area contributed by atoms with Crippen molar-refractivity contribution in [3.05, 3.63) is 0 Å². The van der Waals surface area contributed by atoms with Crippen molar-refractivity contribution in [3.8, 4) is 0 Å². The predicted molar refractivity (Wildman–Crippen MR) is 49.3 cm³/mol. The Morgan fingerprint density at radius 3 is 2.46 bits per heavy atom. The summed E-state index contributed by atoms with van der Waals surface area (Å²) in [6, 6.07) is -0.937. The molecule has 0 unspecified atom stereocenters. The summed E-state index contributed by atoms with van der Waals surface area (Å²) in [7, 11) is 0. The summed E-state index contributed by atoms with van der Waals surface area (Å²) >= 11 is 0. The van der Waals surface area contributed by atoms with Crippen molar-refractivity contribution >= 4 is 63.3 Å². The van der Waals surface area contributed by atoms with Crippen molar-refractivity contribution in [1.29, 1.82) is 0 Å². The maximum atomic E-state index is 10.8. The van der Waals surface area contributed by atoms with E-state index >= 15 is 0 Å². The van der Waals surface area contributed by atoms with Gasteiger partial charge in [0.2, 0.25) is 5.91 Å². The standard InChI is InChI=1S/C7H14N2O3.K/c1-2-9-6(10)4-3-5(8)7(11)12;/h5H,2-4,8H2,1H3,(H,9,10)(H,11,12);/t5-;/m0./s1. The van der Waals surface area contributed by atoms with Crippen LogP contribution in [0, 0.1) is 0 Å². The molecular formula is C7H14KN2O3. The van der Waals surface area contributed by atoms with Crippen molar-refractivity contribution in [2.24, 2.45) is 5.73 Å². The monoisotopic (exact) mass is 213 g/mol. The van der Waals surface area contributed by atoms with Crippen LogP contribution < -0.4 is 11.1 Å². The Balaban J connectivity index is 0. The molecule has 71 valence electrons. The summed E-state index contributed by atoms with van der Waals surface area (Å²) < 4.78 is 0. The molecule has 13 heavy (non-hydrogen) atoms. The molecule has 0 aliphatic heterocycles. The Hall–Kier alpha value is 0.536. The molecule has 0 aromatic carbocycles. The molecule has 0 aliphatic carbocycles. The van der Waals surface area contributed by atoms with Gasteiger partial charge in [-0.25, -0.2) is 0 Å². The van der Waals surface area contributed by atoms with Gasteiger partial charge in [-0.3, -0.25) is 9.59 Å². The maximum Gasteiger partial charge on any atom is 0.320 e. The molecule has 5 nitrogen and oxygen atoms in total. The van der Waals surface area contributed by atoms with E-state index in [4.69, 9.17) is 10.8 Å². The fourth-order valence-corrected chi connectivity index (χ4v) is 0.696. The molecule has 0 saturated carbocycles. The molecule has 1 radical (unpaired) electrons. The van der Waals surface area contributed by atoms with Crippen LogP contribution in [0.25, 0.3) is 0 Å². The minimum atomic E-state index is -1.07. The van der Waals surface area contributed by atoms with Crippen LogP contribution in [0.2, 0.25) is 0 Å². The number of aliphatic carboxylic acids is 1. The van der Waals surface area contributed by atoms with Gasteiger partial charge in [-0.15, -0.1) is 0 Å². The third-order valence-corrected chi connectivity index (χ3v) is 1.37. The zero-order chi connectivity index (χ0) is 9.56. The number of hydrogen-bond acceptors (Lipinski definition) is 3. The molecule has 6 heteroatoms. The van der Waals surface area contributed by atoms with E-state index < -0.39 is 12.0 Å². The van der Waals surface area contributed by atoms with Crippen molar-refractivity contribution in [2.75, 3.05) is 6.54 Å². The number of nitrogens with one attached hydrogen (secondary N) is 1. The van der Waals surface area contributed by atoms with E-state index in [0.717, 1.165) is 0 Å². The van der Waals surface area contributed by atoms with Crippen LogP contribution >= 0.6 is 0 Å². The number of carboxylic acids is 1. The molecule has 4 N–H and O–H groups in total. The summed E-state index contributed by atoms with van der Waals surface area (Å²) in [5.74, 6) is -1.23. The molecule has 0 rings (SSSR count). The van der Waals surface area contributed by atoms with Crippen LogP contribution in [-0.2, 0) is 9.59 Å². The van der Waals surface area contributed by atoms with Crippen molar-refractivity contribution in [1.82, 2.24) is 5.32 Å². The van der Waals surface area contributed by atoms with Crippen molar-refractivity contribution in [2.45, 2.75) is 25.8 Å². The van der Waals surface area contributed by atoms with E-state index in [1.807, 2.05) is 0 Å². The first-order valence-corrected chi connectivity index (χ1v) is 3.83. The summed E-state index contributed by atoms with van der Waals surface area (Å²) in [5, 5.41) is 10.9. The fourth-order valence-electron chi connectivity index (χ4n) is 0.696. The second kappa shape index (κ2) is 9.11. The van der Waals surface area contributed by atoms with Gasteiger partial charge in [0.05, 0.1) is 0 Å². The largest absolute Gasteiger partial charge is 0.480 e. The van der Waals surface area contributed by atoms with E-state index in [2.05, 4.69) is 5.32 Å². The van der Waals surface area contributed by atoms with Crippen LogP contribution in [0.3, 0.4) is 0 Å². The van der Waals surface area contributed by atoms with E-state index in [1.54, 1.807) is 6.92 Å². The number of nitrogens with two attached hydrogens (primary N) is 1. The Labute approximate surface area is 120 Å². The maximum absolute atomic E-state index is 10.8. The molecule has 0 saturated heterocycles. The van der Waals surface area contributed by atoms with E-state index in [1.165, 1.54) is 0 Å². The van der Waals surface area contributed by atoms with Crippen LogP contribution in [-0.4, -0.2) is 81.0 Å². The molecule has 0 aromatic heterocycles. The van der Waals surface area contributed by atoms with Gasteiger partial charge >= 0.3 is 5.97 Å². The number of hydrogen-bond donors (Lipinski definition) is 3. The molecule has 0 aromatic rings. The second-order valence-electron chi connectivity index (χ2n) is 2.44. The molecule has 0 heterocycles. The quantitative estimate of drug-likeness (QED) is 0.507. The van der Waals surface area contributed by atoms with Gasteiger partial charge in [-0.05, 0) is 13.3 Å². The summed E-state index contributed by atoms with van der Waals surface area (Å²) in [4.78, 5) is 21.0. The number of carbonyl (C=O) groups is 2. The Bertz CT molecular complexity index is 175. The van der Waals surface area contributed by atoms with Gasteiger partial charge in [0.1, 0.15) is 6.04 Å². The fraction of sp³-hybridized carbons (Fsp3) is 0.714. The summed E-state index contributed by atoms with van der Waals surface area (Å²) in [5.41, 5.74) is 5.18. The second-order valence-corrected chi connectivity index (χ2v) is 2.44. The molecule has 0 aliphatic rings. The number of carbonyl (C=O) groups excluding carboxylic acids is 1. The molecule has 0 bridgehead atoms. The Kier molecular flexibility index (Phi) is 11.2. The molecular weight excluding hydrogens is 199 g/mol. The zero-order valence-electron chi connectivity index (χ0n) is 8.04. The Morgan fingerprint density at radius 1 is 1.54 bits per heavy atom. The van der Waals surface area contributed by atoms with E-state index in [0.29, 0.717) is 6.54 Å². The number of rotatable bonds is 5. The normalized spacial score (nSPS) is 11.2. The number of amides is 1. The van der Waals surface area contributed by atoms with Gasteiger partial charge in [-0.2, -0.15) is 0 Å².